The Hall–Kier alpha value is -3.32. The van der Waals surface area contributed by atoms with Crippen LogP contribution in [0.4, 0.5) is 0 Å². The van der Waals surface area contributed by atoms with Gasteiger partial charge in [-0.3, -0.25) is 4.79 Å². The van der Waals surface area contributed by atoms with Crippen LogP contribution in [0.25, 0.3) is 0 Å². The maximum absolute atomic E-state index is 12.4. The van der Waals surface area contributed by atoms with E-state index in [1.807, 2.05) is 0 Å². The van der Waals surface area contributed by atoms with Gasteiger partial charge in [0.25, 0.3) is 0 Å². The summed E-state index contributed by atoms with van der Waals surface area (Å²) in [6.07, 6.45) is 2.52. The number of hydrogen-bond donors (Lipinski definition) is 1. The highest BCUT2D eigenvalue weighted by atomic mass is 28.4. The van der Waals surface area contributed by atoms with Gasteiger partial charge >= 0.3 is 0 Å². The second kappa shape index (κ2) is 11.0. The molecule has 0 aliphatic carbocycles. The summed E-state index contributed by atoms with van der Waals surface area (Å²) in [7, 11) is -5.13. The van der Waals surface area contributed by atoms with Crippen molar-refractivity contribution in [1.29, 1.82) is 0 Å². The number of carbonyl (C=O) groups is 1. The molecule has 4 aromatic rings. The van der Waals surface area contributed by atoms with E-state index in [0.29, 0.717) is 0 Å². The topological polar surface area (TPSA) is 37.3 Å². The lowest BCUT2D eigenvalue weighted by molar-refractivity contribution is -0.133. The number of Topliss-reactive ketones (excluding diaryl/α,β-unsaturated/α-hetero) is 1. The molecule has 188 valence electrons. The summed E-state index contributed by atoms with van der Waals surface area (Å²) in [5.74, 6) is -0.214. The first-order valence-electron chi connectivity index (χ1n) is 12.9. The van der Waals surface area contributed by atoms with E-state index in [1.165, 1.54) is 32.5 Å². The standard InChI is InChI=1S/C33H36O2Si2/c1-27(34)33(2,35)26-25-32(36(3,28-17-9-5-10-18-28)29-19-11-6-12-20-29)37(4,30-21-13-7-14-22-30)31-23-15-8-16-24-31/h5-25,35H,26H2,1-4H3. The number of rotatable bonds is 9. The van der Waals surface area contributed by atoms with Crippen molar-refractivity contribution < 1.29 is 9.90 Å². The lowest BCUT2D eigenvalue weighted by Crippen LogP contribution is -2.70. The third-order valence-corrected chi connectivity index (χ3v) is 19.5. The zero-order chi connectivity index (χ0) is 26.5. The minimum absolute atomic E-state index is 0.214. The van der Waals surface area contributed by atoms with Crippen LogP contribution in [0, 0.1) is 0 Å². The fourth-order valence-corrected chi connectivity index (χ4v) is 17.5. The van der Waals surface area contributed by atoms with Crippen molar-refractivity contribution in [3.05, 3.63) is 132 Å². The van der Waals surface area contributed by atoms with E-state index in [9.17, 15) is 9.90 Å². The van der Waals surface area contributed by atoms with Crippen molar-refractivity contribution in [2.45, 2.75) is 39.0 Å². The molecule has 4 aromatic carbocycles. The van der Waals surface area contributed by atoms with Gasteiger partial charge in [0.2, 0.25) is 0 Å². The van der Waals surface area contributed by atoms with Crippen LogP contribution in [0.15, 0.2) is 132 Å². The fourth-order valence-electron chi connectivity index (χ4n) is 5.39. The van der Waals surface area contributed by atoms with Gasteiger partial charge in [0.15, 0.2) is 5.78 Å². The molecule has 4 rings (SSSR count). The van der Waals surface area contributed by atoms with Gasteiger partial charge in [-0.1, -0.05) is 166 Å². The molecule has 4 heteroatoms. The second-order valence-electron chi connectivity index (χ2n) is 10.4. The van der Waals surface area contributed by atoms with Gasteiger partial charge in [0.1, 0.15) is 21.7 Å². The second-order valence-corrected chi connectivity index (χ2v) is 18.8. The normalized spacial score (nSPS) is 13.4. The van der Waals surface area contributed by atoms with E-state index in [1.54, 1.807) is 6.92 Å². The van der Waals surface area contributed by atoms with Crippen LogP contribution < -0.4 is 20.7 Å². The lowest BCUT2D eigenvalue weighted by Gasteiger charge is -2.43. The molecule has 37 heavy (non-hydrogen) atoms. The summed E-state index contributed by atoms with van der Waals surface area (Å²) >= 11 is 0. The summed E-state index contributed by atoms with van der Waals surface area (Å²) in [5.41, 5.74) is -1.42. The van der Waals surface area contributed by atoms with Crippen molar-refractivity contribution in [2.24, 2.45) is 0 Å². The van der Waals surface area contributed by atoms with Crippen molar-refractivity contribution in [3.63, 3.8) is 0 Å². The van der Waals surface area contributed by atoms with Crippen LogP contribution in [0.3, 0.4) is 0 Å². The molecular weight excluding hydrogens is 485 g/mol. The average Bonchev–Trinajstić information content (AvgIpc) is 2.94. The molecule has 1 atom stereocenters. The highest BCUT2D eigenvalue weighted by molar-refractivity contribution is 7.24. The lowest BCUT2D eigenvalue weighted by atomic mass is 9.98. The number of ketones is 1. The molecule has 0 radical (unpaired) electrons. The van der Waals surface area contributed by atoms with Gasteiger partial charge in [-0.2, -0.15) is 0 Å². The molecule has 0 aliphatic heterocycles. The Morgan fingerprint density at radius 1 is 0.649 bits per heavy atom. The smallest absolute Gasteiger partial charge is 0.161 e. The Kier molecular flexibility index (Phi) is 7.93. The van der Waals surface area contributed by atoms with E-state index in [2.05, 4.69) is 140 Å². The molecule has 0 spiro atoms. The quantitative estimate of drug-likeness (QED) is 0.330. The zero-order valence-electron chi connectivity index (χ0n) is 22.2. The first-order chi connectivity index (χ1) is 17.7. The Morgan fingerprint density at radius 3 is 1.16 bits per heavy atom. The summed E-state index contributed by atoms with van der Waals surface area (Å²) < 4.78 is 0. The first-order valence-corrected chi connectivity index (χ1v) is 17.9. The molecule has 2 nitrogen and oxygen atoms in total. The molecule has 0 bridgehead atoms. The van der Waals surface area contributed by atoms with E-state index in [4.69, 9.17) is 0 Å². The number of carbonyl (C=O) groups excluding carboxylic acids is 1. The van der Waals surface area contributed by atoms with Crippen molar-refractivity contribution >= 4 is 42.7 Å². The van der Waals surface area contributed by atoms with Crippen LogP contribution in [0.2, 0.25) is 13.1 Å². The van der Waals surface area contributed by atoms with E-state index in [0.717, 1.165) is 0 Å². The van der Waals surface area contributed by atoms with E-state index >= 15 is 0 Å². The summed E-state index contributed by atoms with van der Waals surface area (Å²) in [6.45, 7) is 7.98. The SMILES string of the molecule is CC(=O)C(C)(O)CC=C([Si](C)(c1ccccc1)c1ccccc1)[Si](C)(c1ccccc1)c1ccccc1. The molecule has 1 N–H and O–H groups in total. The highest BCUT2D eigenvalue weighted by Gasteiger charge is 2.48. The summed E-state index contributed by atoms with van der Waals surface area (Å²) in [4.78, 5) is 13.8. The molecule has 0 amide bonds. The highest BCUT2D eigenvalue weighted by Crippen LogP contribution is 2.29. The third-order valence-electron chi connectivity index (χ3n) is 7.94. The Morgan fingerprint density at radius 2 is 0.919 bits per heavy atom. The van der Waals surface area contributed by atoms with Gasteiger partial charge in [0.05, 0.1) is 0 Å². The maximum atomic E-state index is 12.4. The maximum Gasteiger partial charge on any atom is 0.161 e. The number of hydrogen-bond acceptors (Lipinski definition) is 2. The number of benzene rings is 4. The van der Waals surface area contributed by atoms with Crippen molar-refractivity contribution in [1.82, 2.24) is 0 Å². The Bertz CT molecular complexity index is 1180. The first kappa shape index (κ1) is 26.7. The molecule has 1 unspecified atom stereocenters. The van der Waals surface area contributed by atoms with Gasteiger partial charge in [-0.15, -0.1) is 0 Å². The van der Waals surface area contributed by atoms with Gasteiger partial charge < -0.3 is 5.11 Å². The Balaban J connectivity index is 2.12. The van der Waals surface area contributed by atoms with Crippen LogP contribution in [0.1, 0.15) is 20.3 Å². The largest absolute Gasteiger partial charge is 0.382 e. The molecule has 0 aliphatic rings. The molecule has 0 saturated carbocycles. The predicted octanol–water partition coefficient (Wildman–Crippen LogP) is 4.51. The van der Waals surface area contributed by atoms with Crippen molar-refractivity contribution in [3.8, 4) is 0 Å². The van der Waals surface area contributed by atoms with E-state index < -0.39 is 21.7 Å². The number of aliphatic hydroxyl groups is 1. The molecule has 0 aromatic heterocycles. The minimum Gasteiger partial charge on any atom is -0.382 e. The van der Waals surface area contributed by atoms with Crippen LogP contribution >= 0.6 is 0 Å². The third kappa shape index (κ3) is 5.23. The monoisotopic (exact) mass is 520 g/mol. The molecule has 0 saturated heterocycles. The Labute approximate surface area is 223 Å². The summed E-state index contributed by atoms with van der Waals surface area (Å²) in [5, 5.41) is 16.4. The van der Waals surface area contributed by atoms with Crippen molar-refractivity contribution in [2.75, 3.05) is 0 Å². The van der Waals surface area contributed by atoms with E-state index in [-0.39, 0.29) is 12.2 Å². The average molecular weight is 521 g/mol. The zero-order valence-corrected chi connectivity index (χ0v) is 24.2. The van der Waals surface area contributed by atoms with Crippen LogP contribution in [-0.4, -0.2) is 32.6 Å². The fraction of sp³-hybridized carbons (Fsp3) is 0.182. The minimum atomic E-state index is -2.57. The van der Waals surface area contributed by atoms with Crippen LogP contribution in [-0.2, 0) is 4.79 Å². The summed E-state index contributed by atoms with van der Waals surface area (Å²) in [6, 6.07) is 43.3. The molecule has 0 heterocycles. The molecule has 0 fully saturated rings. The van der Waals surface area contributed by atoms with Gasteiger partial charge in [-0.25, -0.2) is 0 Å². The van der Waals surface area contributed by atoms with Gasteiger partial charge in [0, 0.05) is 6.42 Å². The predicted molar refractivity (Wildman–Crippen MR) is 162 cm³/mol. The molecular formula is C33H36O2Si2. The van der Waals surface area contributed by atoms with Crippen LogP contribution in [0.5, 0.6) is 0 Å². The van der Waals surface area contributed by atoms with Gasteiger partial charge in [-0.05, 0) is 13.8 Å².